The second-order valence-corrected chi connectivity index (χ2v) is 10.4. The molecule has 2 unspecified atom stereocenters. The van der Waals surface area contributed by atoms with Crippen molar-refractivity contribution in [2.75, 3.05) is 24.8 Å². The zero-order valence-electron chi connectivity index (χ0n) is 19.9. The van der Waals surface area contributed by atoms with E-state index in [1.807, 2.05) is 18.2 Å². The largest absolute Gasteiger partial charge is 0.496 e. The van der Waals surface area contributed by atoms with Gasteiger partial charge in [-0.1, -0.05) is 42.1 Å². The van der Waals surface area contributed by atoms with Crippen LogP contribution in [0.25, 0.3) is 11.2 Å². The zero-order valence-corrected chi connectivity index (χ0v) is 20.7. The Morgan fingerprint density at radius 3 is 2.77 bits per heavy atom. The number of anilines is 1. The number of nitrogens with zero attached hydrogens (tertiary/aromatic N) is 5. The highest BCUT2D eigenvalue weighted by Gasteiger charge is 2.44. The molecule has 0 spiro atoms. The first-order valence-electron chi connectivity index (χ1n) is 12.2. The quantitative estimate of drug-likeness (QED) is 0.242. The summed E-state index contributed by atoms with van der Waals surface area (Å²) in [6.45, 7) is 2.07. The molecule has 2 saturated carbocycles. The zero-order chi connectivity index (χ0) is 24.5. The maximum absolute atomic E-state index is 10.7. The third-order valence-electron chi connectivity index (χ3n) is 6.97. The van der Waals surface area contributed by atoms with Crippen LogP contribution < -0.4 is 10.1 Å². The Morgan fingerprint density at radius 2 is 2.00 bits per heavy atom. The molecule has 1 aromatic carbocycles. The van der Waals surface area contributed by atoms with Crippen molar-refractivity contribution in [1.82, 2.24) is 25.0 Å². The number of thioether (sulfide) groups is 1. The molecule has 11 heteroatoms. The standard InChI is InChI=1S/C24H32N6O4S/c1-3-10-35-24-26-22(25-16-12-15(16)14-6-4-5-7-18(14)34-2)19-23(27-24)30(29-28-19)17-11-13(8-9-31)20(32)21(17)33/h4-7,13,15-17,20-21,31-33H,3,8-12H2,1-2H3,(H,25,26,27)/t13-,15?,16?,17+,20+,21-/m1/s1. The lowest BCUT2D eigenvalue weighted by Crippen LogP contribution is -2.30. The minimum absolute atomic E-state index is 0.0396. The smallest absolute Gasteiger partial charge is 0.191 e. The van der Waals surface area contributed by atoms with Crippen LogP contribution in [0.3, 0.4) is 0 Å². The van der Waals surface area contributed by atoms with Gasteiger partial charge in [-0.25, -0.2) is 14.6 Å². The van der Waals surface area contributed by atoms with Crippen LogP contribution in [0, 0.1) is 5.92 Å². The number of ether oxygens (including phenoxy) is 1. The molecule has 188 valence electrons. The lowest BCUT2D eigenvalue weighted by molar-refractivity contribution is 0.00107. The van der Waals surface area contributed by atoms with Crippen molar-refractivity contribution in [3.8, 4) is 5.75 Å². The van der Waals surface area contributed by atoms with Gasteiger partial charge in [0.05, 0.1) is 19.3 Å². The van der Waals surface area contributed by atoms with Crippen molar-refractivity contribution in [2.45, 2.75) is 68.0 Å². The van der Waals surface area contributed by atoms with Crippen LogP contribution in [0.5, 0.6) is 5.75 Å². The maximum Gasteiger partial charge on any atom is 0.191 e. The number of rotatable bonds is 10. The lowest BCUT2D eigenvalue weighted by atomic mass is 10.0. The highest BCUT2D eigenvalue weighted by atomic mass is 32.2. The molecule has 10 nitrogen and oxygen atoms in total. The summed E-state index contributed by atoms with van der Waals surface area (Å²) in [5.41, 5.74) is 2.25. The van der Waals surface area contributed by atoms with Gasteiger partial charge in [-0.05, 0) is 43.2 Å². The van der Waals surface area contributed by atoms with E-state index in [0.29, 0.717) is 40.9 Å². The Hall–Kier alpha value is -2.47. The molecule has 0 amide bonds. The van der Waals surface area contributed by atoms with Crippen LogP contribution in [-0.4, -0.2) is 78.0 Å². The number of aromatic nitrogens is 5. The maximum atomic E-state index is 10.7. The van der Waals surface area contributed by atoms with Gasteiger partial charge in [-0.15, -0.1) is 5.10 Å². The second-order valence-electron chi connectivity index (χ2n) is 9.30. The molecule has 2 fully saturated rings. The van der Waals surface area contributed by atoms with Crippen molar-refractivity contribution in [2.24, 2.45) is 5.92 Å². The monoisotopic (exact) mass is 500 g/mol. The normalized spacial score (nSPS) is 27.9. The summed E-state index contributed by atoms with van der Waals surface area (Å²) in [5, 5.41) is 43.4. The summed E-state index contributed by atoms with van der Waals surface area (Å²) in [6, 6.07) is 7.77. The van der Waals surface area contributed by atoms with Gasteiger partial charge in [0.1, 0.15) is 11.9 Å². The number of methoxy groups -OCH3 is 1. The topological polar surface area (TPSA) is 138 Å². The van der Waals surface area contributed by atoms with Gasteiger partial charge in [-0.2, -0.15) is 0 Å². The molecule has 3 aromatic rings. The number of aliphatic hydroxyl groups excluding tert-OH is 3. The van der Waals surface area contributed by atoms with Crippen molar-refractivity contribution >= 4 is 28.7 Å². The summed E-state index contributed by atoms with van der Waals surface area (Å²) in [6.07, 6.45) is 0.923. The van der Waals surface area contributed by atoms with Crippen molar-refractivity contribution in [3.63, 3.8) is 0 Å². The Kier molecular flexibility index (Phi) is 7.10. The van der Waals surface area contributed by atoms with Gasteiger partial charge >= 0.3 is 0 Å². The number of aliphatic hydroxyl groups is 3. The van der Waals surface area contributed by atoms with E-state index in [0.717, 1.165) is 24.3 Å². The molecule has 0 saturated heterocycles. The third kappa shape index (κ3) is 4.69. The number of para-hydroxylation sites is 1. The van der Waals surface area contributed by atoms with E-state index in [1.165, 1.54) is 5.56 Å². The fourth-order valence-corrected chi connectivity index (χ4v) is 5.73. The van der Waals surface area contributed by atoms with Gasteiger partial charge in [0.25, 0.3) is 0 Å². The number of hydrogen-bond acceptors (Lipinski definition) is 10. The molecule has 0 aliphatic heterocycles. The van der Waals surface area contributed by atoms with Crippen molar-refractivity contribution < 1.29 is 20.1 Å². The third-order valence-corrected chi connectivity index (χ3v) is 8.03. The van der Waals surface area contributed by atoms with Gasteiger partial charge in [0.2, 0.25) is 0 Å². The summed E-state index contributed by atoms with van der Waals surface area (Å²) in [5.74, 6) is 2.49. The highest BCUT2D eigenvalue weighted by Crippen LogP contribution is 2.47. The fourth-order valence-electron chi connectivity index (χ4n) is 5.03. The molecule has 5 rings (SSSR count). The molecule has 0 radical (unpaired) electrons. The van der Waals surface area contributed by atoms with E-state index in [4.69, 9.17) is 14.7 Å². The fraction of sp³-hybridized carbons (Fsp3) is 0.583. The Bertz CT molecular complexity index is 1180. The summed E-state index contributed by atoms with van der Waals surface area (Å²) < 4.78 is 7.16. The number of hydrogen-bond donors (Lipinski definition) is 4. The molecule has 2 heterocycles. The predicted molar refractivity (Wildman–Crippen MR) is 133 cm³/mol. The van der Waals surface area contributed by atoms with E-state index in [2.05, 4.69) is 28.6 Å². The van der Waals surface area contributed by atoms with Crippen molar-refractivity contribution in [1.29, 1.82) is 0 Å². The molecular formula is C24H32N6O4S. The molecule has 2 aliphatic rings. The average molecular weight is 501 g/mol. The summed E-state index contributed by atoms with van der Waals surface area (Å²) in [4.78, 5) is 9.48. The van der Waals surface area contributed by atoms with Gasteiger partial charge < -0.3 is 25.4 Å². The highest BCUT2D eigenvalue weighted by molar-refractivity contribution is 7.99. The number of nitrogens with one attached hydrogen (secondary N) is 1. The summed E-state index contributed by atoms with van der Waals surface area (Å²) >= 11 is 1.57. The first-order chi connectivity index (χ1) is 17.0. The number of benzene rings is 1. The van der Waals surface area contributed by atoms with Crippen LogP contribution in [-0.2, 0) is 0 Å². The van der Waals surface area contributed by atoms with Crippen LogP contribution in [0.4, 0.5) is 5.82 Å². The SMILES string of the molecule is CCCSc1nc(NC2CC2c2ccccc2OC)c2nnn([C@H]3C[C@@H](CCO)[C@H](O)[C@@H]3O)c2n1. The lowest BCUT2D eigenvalue weighted by Gasteiger charge is -2.17. The van der Waals surface area contributed by atoms with Gasteiger partial charge in [-0.3, -0.25) is 0 Å². The first-order valence-corrected chi connectivity index (χ1v) is 13.2. The summed E-state index contributed by atoms with van der Waals surface area (Å²) in [7, 11) is 1.69. The van der Waals surface area contributed by atoms with Crippen LogP contribution in [0.15, 0.2) is 29.4 Å². The van der Waals surface area contributed by atoms with Crippen LogP contribution in [0.2, 0.25) is 0 Å². The first kappa shape index (κ1) is 24.2. The minimum atomic E-state index is -1.01. The van der Waals surface area contributed by atoms with E-state index in [-0.39, 0.29) is 18.6 Å². The Balaban J connectivity index is 1.45. The molecule has 2 aliphatic carbocycles. The molecule has 35 heavy (non-hydrogen) atoms. The Labute approximate surface area is 208 Å². The van der Waals surface area contributed by atoms with E-state index >= 15 is 0 Å². The predicted octanol–water partition coefficient (Wildman–Crippen LogP) is 2.37. The molecule has 4 N–H and O–H groups in total. The molecular weight excluding hydrogens is 468 g/mol. The van der Waals surface area contributed by atoms with Crippen LogP contribution >= 0.6 is 11.8 Å². The van der Waals surface area contributed by atoms with E-state index in [1.54, 1.807) is 23.6 Å². The molecule has 2 aromatic heterocycles. The van der Waals surface area contributed by atoms with Crippen LogP contribution in [0.1, 0.15) is 50.1 Å². The van der Waals surface area contributed by atoms with E-state index < -0.39 is 18.2 Å². The van der Waals surface area contributed by atoms with Gasteiger partial charge in [0, 0.05) is 24.3 Å². The van der Waals surface area contributed by atoms with E-state index in [9.17, 15) is 15.3 Å². The molecule has 6 atom stereocenters. The van der Waals surface area contributed by atoms with Gasteiger partial charge in [0.15, 0.2) is 22.1 Å². The minimum Gasteiger partial charge on any atom is -0.496 e. The number of fused-ring (bicyclic) bond motifs is 1. The Morgan fingerprint density at radius 1 is 1.17 bits per heavy atom. The molecule has 0 bridgehead atoms. The van der Waals surface area contributed by atoms with Crippen molar-refractivity contribution in [3.05, 3.63) is 29.8 Å². The second kappa shape index (κ2) is 10.3. The average Bonchev–Trinajstić information content (AvgIpc) is 3.42.